The van der Waals surface area contributed by atoms with E-state index in [1.165, 1.54) is 19.5 Å². The van der Waals surface area contributed by atoms with E-state index in [4.69, 9.17) is 0 Å². The summed E-state index contributed by atoms with van der Waals surface area (Å²) in [6.45, 7) is 12.9. The Balaban J connectivity index is 2.28. The van der Waals surface area contributed by atoms with E-state index in [9.17, 15) is 0 Å². The van der Waals surface area contributed by atoms with Gasteiger partial charge < -0.3 is 5.32 Å². The molecule has 2 heteroatoms. The Kier molecular flexibility index (Phi) is 3.94. The lowest BCUT2D eigenvalue weighted by molar-refractivity contribution is 0.267. The molecular weight excluding hydrogens is 160 g/mol. The van der Waals surface area contributed by atoms with Gasteiger partial charge in [0.05, 0.1) is 0 Å². The smallest absolute Gasteiger partial charge is 0.0222 e. The highest BCUT2D eigenvalue weighted by Gasteiger charge is 2.24. The second-order valence-corrected chi connectivity index (χ2v) is 4.27. The molecule has 2 nitrogen and oxygen atoms in total. The second-order valence-electron chi connectivity index (χ2n) is 4.27. The lowest BCUT2D eigenvalue weighted by Gasteiger charge is -2.21. The van der Waals surface area contributed by atoms with Gasteiger partial charge in [-0.25, -0.2) is 0 Å². The van der Waals surface area contributed by atoms with Gasteiger partial charge in [0, 0.05) is 24.7 Å². The van der Waals surface area contributed by atoms with E-state index in [1.54, 1.807) is 0 Å². The molecule has 0 aromatic heterocycles. The van der Waals surface area contributed by atoms with Crippen LogP contribution in [0.5, 0.6) is 0 Å². The third-order valence-corrected chi connectivity index (χ3v) is 2.80. The fourth-order valence-corrected chi connectivity index (χ4v) is 1.83. The normalized spacial score (nSPS) is 26.6. The van der Waals surface area contributed by atoms with Crippen molar-refractivity contribution in [3.05, 3.63) is 12.7 Å². The van der Waals surface area contributed by atoms with E-state index in [1.807, 2.05) is 6.08 Å². The Morgan fingerprint density at radius 3 is 2.62 bits per heavy atom. The van der Waals surface area contributed by atoms with Crippen LogP contribution in [-0.2, 0) is 0 Å². The van der Waals surface area contributed by atoms with Crippen molar-refractivity contribution in [2.75, 3.05) is 13.1 Å². The molecule has 0 spiro atoms. The summed E-state index contributed by atoms with van der Waals surface area (Å²) >= 11 is 0. The summed E-state index contributed by atoms with van der Waals surface area (Å²) in [5.41, 5.74) is 0. The summed E-state index contributed by atoms with van der Waals surface area (Å²) < 4.78 is 0. The van der Waals surface area contributed by atoms with Gasteiger partial charge >= 0.3 is 0 Å². The molecule has 1 aliphatic rings. The Hall–Kier alpha value is -0.340. The van der Waals surface area contributed by atoms with Crippen molar-refractivity contribution in [1.82, 2.24) is 10.2 Å². The van der Waals surface area contributed by atoms with Gasteiger partial charge in [0.2, 0.25) is 0 Å². The third-order valence-electron chi connectivity index (χ3n) is 2.80. The first-order chi connectivity index (χ1) is 6.13. The van der Waals surface area contributed by atoms with Crippen molar-refractivity contribution < 1.29 is 0 Å². The van der Waals surface area contributed by atoms with Crippen molar-refractivity contribution in [3.8, 4) is 0 Å². The van der Waals surface area contributed by atoms with Crippen LogP contribution in [0.3, 0.4) is 0 Å². The van der Waals surface area contributed by atoms with Crippen molar-refractivity contribution in [2.45, 2.75) is 45.3 Å². The topological polar surface area (TPSA) is 15.3 Å². The molecular formula is C11H22N2. The molecule has 1 rings (SSSR count). The molecule has 0 aliphatic carbocycles. The molecule has 0 bridgehead atoms. The summed E-state index contributed by atoms with van der Waals surface area (Å²) in [6, 6.07) is 1.79. The number of nitrogens with zero attached hydrogens (tertiary/aromatic N) is 1. The molecule has 13 heavy (non-hydrogen) atoms. The summed E-state index contributed by atoms with van der Waals surface area (Å²) in [4.78, 5) is 2.52. The zero-order valence-electron chi connectivity index (χ0n) is 9.09. The van der Waals surface area contributed by atoms with E-state index in [2.05, 4.69) is 37.6 Å². The predicted octanol–water partition coefficient (Wildman–Crippen LogP) is 1.63. The zero-order valence-corrected chi connectivity index (χ0v) is 9.09. The van der Waals surface area contributed by atoms with Crippen LogP contribution in [0.1, 0.15) is 27.2 Å². The van der Waals surface area contributed by atoms with Crippen molar-refractivity contribution in [1.29, 1.82) is 0 Å². The zero-order chi connectivity index (χ0) is 9.84. The maximum atomic E-state index is 3.78. The van der Waals surface area contributed by atoms with Gasteiger partial charge in [0.1, 0.15) is 0 Å². The highest BCUT2D eigenvalue weighted by atomic mass is 15.2. The second kappa shape index (κ2) is 4.77. The summed E-state index contributed by atoms with van der Waals surface area (Å²) in [6.07, 6.45) is 3.24. The molecule has 0 saturated carbocycles. The first-order valence-electron chi connectivity index (χ1n) is 5.26. The number of likely N-dealkylation sites (tertiary alicyclic amines) is 1. The van der Waals surface area contributed by atoms with E-state index in [-0.39, 0.29) is 0 Å². The summed E-state index contributed by atoms with van der Waals surface area (Å²) in [7, 11) is 0. The van der Waals surface area contributed by atoms with Crippen LogP contribution < -0.4 is 5.32 Å². The van der Waals surface area contributed by atoms with Crippen LogP contribution in [0, 0.1) is 0 Å². The summed E-state index contributed by atoms with van der Waals surface area (Å²) in [5, 5.41) is 3.55. The van der Waals surface area contributed by atoms with Gasteiger partial charge in [-0.05, 0) is 33.7 Å². The molecule has 0 aromatic carbocycles. The van der Waals surface area contributed by atoms with Crippen LogP contribution in [0.15, 0.2) is 12.7 Å². The minimum Gasteiger partial charge on any atom is -0.307 e. The fourth-order valence-electron chi connectivity index (χ4n) is 1.83. The van der Waals surface area contributed by atoms with Gasteiger partial charge in [-0.1, -0.05) is 6.08 Å². The van der Waals surface area contributed by atoms with Crippen LogP contribution in [0.25, 0.3) is 0 Å². The quantitative estimate of drug-likeness (QED) is 0.665. The lowest BCUT2D eigenvalue weighted by atomic mass is 10.2. The Morgan fingerprint density at radius 1 is 1.46 bits per heavy atom. The van der Waals surface area contributed by atoms with E-state index >= 15 is 0 Å². The van der Waals surface area contributed by atoms with Crippen molar-refractivity contribution >= 4 is 0 Å². The van der Waals surface area contributed by atoms with Gasteiger partial charge in [0.15, 0.2) is 0 Å². The molecule has 2 unspecified atom stereocenters. The summed E-state index contributed by atoms with van der Waals surface area (Å²) in [5.74, 6) is 0. The minimum atomic E-state index is 0.442. The van der Waals surface area contributed by atoms with Gasteiger partial charge in [-0.15, -0.1) is 6.58 Å². The first-order valence-corrected chi connectivity index (χ1v) is 5.26. The molecule has 1 fully saturated rings. The largest absolute Gasteiger partial charge is 0.307 e. The van der Waals surface area contributed by atoms with Gasteiger partial charge in [-0.3, -0.25) is 4.90 Å². The van der Waals surface area contributed by atoms with Gasteiger partial charge in [-0.2, -0.15) is 0 Å². The van der Waals surface area contributed by atoms with Crippen LogP contribution in [0.2, 0.25) is 0 Å². The minimum absolute atomic E-state index is 0.442. The number of hydrogen-bond donors (Lipinski definition) is 1. The highest BCUT2D eigenvalue weighted by molar-refractivity contribution is 4.89. The first kappa shape index (κ1) is 10.7. The maximum Gasteiger partial charge on any atom is 0.0222 e. The molecule has 1 saturated heterocycles. The maximum absolute atomic E-state index is 3.78. The fraction of sp³-hybridized carbons (Fsp3) is 0.818. The van der Waals surface area contributed by atoms with Crippen molar-refractivity contribution in [3.63, 3.8) is 0 Å². The van der Waals surface area contributed by atoms with Crippen LogP contribution in [0.4, 0.5) is 0 Å². The molecule has 1 aliphatic heterocycles. The van der Waals surface area contributed by atoms with Crippen molar-refractivity contribution in [2.24, 2.45) is 0 Å². The number of nitrogens with one attached hydrogen (secondary N) is 1. The van der Waals surface area contributed by atoms with Crippen LogP contribution in [-0.4, -0.2) is 36.1 Å². The standard InChI is InChI=1S/C11H22N2/c1-5-10(4)12-11-6-7-13(8-11)9(2)3/h5,9-12H,1,6-8H2,2-4H3. The average molecular weight is 182 g/mol. The third kappa shape index (κ3) is 3.12. The molecule has 1 heterocycles. The molecule has 76 valence electrons. The Bertz CT molecular complexity index is 165. The molecule has 0 aromatic rings. The Morgan fingerprint density at radius 2 is 2.15 bits per heavy atom. The predicted molar refractivity (Wildman–Crippen MR) is 57.9 cm³/mol. The van der Waals surface area contributed by atoms with E-state index in [0.717, 1.165) is 0 Å². The van der Waals surface area contributed by atoms with Gasteiger partial charge in [0.25, 0.3) is 0 Å². The molecule has 0 radical (unpaired) electrons. The molecule has 1 N–H and O–H groups in total. The Labute approximate surface area is 82.0 Å². The number of rotatable bonds is 4. The monoisotopic (exact) mass is 182 g/mol. The SMILES string of the molecule is C=CC(C)NC1CCN(C(C)C)C1. The lowest BCUT2D eigenvalue weighted by Crippen LogP contribution is -2.38. The number of hydrogen-bond acceptors (Lipinski definition) is 2. The molecule has 0 amide bonds. The van der Waals surface area contributed by atoms with Crippen LogP contribution >= 0.6 is 0 Å². The molecule has 2 atom stereocenters. The van der Waals surface area contributed by atoms with E-state index < -0.39 is 0 Å². The highest BCUT2D eigenvalue weighted by Crippen LogP contribution is 2.12. The van der Waals surface area contributed by atoms with E-state index in [0.29, 0.717) is 18.1 Å². The average Bonchev–Trinajstić information content (AvgIpc) is 2.52.